The number of para-hydroxylation sites is 1. The number of hydrogen-bond acceptors (Lipinski definition) is 4. The molecule has 0 N–H and O–H groups in total. The van der Waals surface area contributed by atoms with Gasteiger partial charge in [-0.1, -0.05) is 158 Å². The average molecular weight is 702 g/mol. The Hall–Kier alpha value is -7.43. The van der Waals surface area contributed by atoms with Crippen LogP contribution >= 0.6 is 0 Å². The molecular formula is C51H31N3O. The monoisotopic (exact) mass is 701 g/mol. The third kappa shape index (κ3) is 5.34. The van der Waals surface area contributed by atoms with Crippen LogP contribution in [0.5, 0.6) is 0 Å². The second-order valence-electron chi connectivity index (χ2n) is 14.0. The zero-order valence-electron chi connectivity index (χ0n) is 29.6. The average Bonchev–Trinajstić information content (AvgIpc) is 3.64. The number of nitrogens with zero attached hydrogens (tertiary/aromatic N) is 3. The Morgan fingerprint density at radius 3 is 1.71 bits per heavy atom. The topological polar surface area (TPSA) is 51.8 Å². The van der Waals surface area contributed by atoms with Gasteiger partial charge in [-0.25, -0.2) is 15.0 Å². The molecule has 2 aromatic heterocycles. The van der Waals surface area contributed by atoms with Crippen LogP contribution in [0.15, 0.2) is 192 Å². The molecule has 0 aliphatic heterocycles. The maximum Gasteiger partial charge on any atom is 0.164 e. The summed E-state index contributed by atoms with van der Waals surface area (Å²) in [6, 6.07) is 65.8. The molecule has 0 aliphatic rings. The van der Waals surface area contributed by atoms with Gasteiger partial charge in [-0.2, -0.15) is 0 Å². The van der Waals surface area contributed by atoms with E-state index in [4.69, 9.17) is 19.4 Å². The molecule has 0 spiro atoms. The van der Waals surface area contributed by atoms with Crippen molar-refractivity contribution in [3.8, 4) is 56.4 Å². The fraction of sp³-hybridized carbons (Fsp3) is 0. The first kappa shape index (κ1) is 31.1. The van der Waals surface area contributed by atoms with Crippen LogP contribution < -0.4 is 0 Å². The number of rotatable bonds is 5. The van der Waals surface area contributed by atoms with Crippen molar-refractivity contribution < 1.29 is 4.42 Å². The molecule has 11 rings (SSSR count). The van der Waals surface area contributed by atoms with E-state index in [-0.39, 0.29) is 0 Å². The van der Waals surface area contributed by atoms with E-state index in [1.54, 1.807) is 0 Å². The van der Waals surface area contributed by atoms with Crippen LogP contribution in [0.2, 0.25) is 0 Å². The van der Waals surface area contributed by atoms with Crippen molar-refractivity contribution in [2.75, 3.05) is 0 Å². The van der Waals surface area contributed by atoms with Crippen LogP contribution in [-0.2, 0) is 0 Å². The fourth-order valence-electron chi connectivity index (χ4n) is 8.00. The molecule has 4 heteroatoms. The van der Waals surface area contributed by atoms with Crippen LogP contribution in [0, 0.1) is 0 Å². The minimum absolute atomic E-state index is 0.579. The van der Waals surface area contributed by atoms with Crippen molar-refractivity contribution >= 4 is 54.3 Å². The highest BCUT2D eigenvalue weighted by Gasteiger charge is 2.20. The Balaban J connectivity index is 1.14. The summed E-state index contributed by atoms with van der Waals surface area (Å²) in [4.78, 5) is 15.7. The minimum atomic E-state index is 0.579. The molecular weight excluding hydrogens is 671 g/mol. The fourth-order valence-corrected chi connectivity index (χ4v) is 8.00. The molecule has 0 atom stereocenters. The van der Waals surface area contributed by atoms with Gasteiger partial charge in [-0.15, -0.1) is 0 Å². The van der Waals surface area contributed by atoms with Crippen molar-refractivity contribution in [2.45, 2.75) is 0 Å². The van der Waals surface area contributed by atoms with E-state index in [1.165, 1.54) is 16.2 Å². The maximum atomic E-state index is 6.52. The Labute approximate surface area is 317 Å². The molecule has 0 saturated heterocycles. The van der Waals surface area contributed by atoms with Crippen LogP contribution in [0.25, 0.3) is 111 Å². The Morgan fingerprint density at radius 2 is 0.891 bits per heavy atom. The number of aromatic nitrogens is 3. The largest absolute Gasteiger partial charge is 0.456 e. The summed E-state index contributed by atoms with van der Waals surface area (Å²) in [5, 5.41) is 9.18. The summed E-state index contributed by atoms with van der Waals surface area (Å²) in [5.41, 5.74) is 8.82. The summed E-state index contributed by atoms with van der Waals surface area (Å²) in [6.45, 7) is 0. The Kier molecular flexibility index (Phi) is 7.14. The van der Waals surface area contributed by atoms with E-state index in [2.05, 4.69) is 170 Å². The molecule has 0 aliphatic carbocycles. The maximum absolute atomic E-state index is 6.52. The van der Waals surface area contributed by atoms with Crippen molar-refractivity contribution in [2.24, 2.45) is 0 Å². The lowest BCUT2D eigenvalue weighted by molar-refractivity contribution is 0.669. The highest BCUT2D eigenvalue weighted by molar-refractivity contribution is 6.14. The van der Waals surface area contributed by atoms with E-state index >= 15 is 0 Å². The number of fused-ring (bicyclic) bond motifs is 7. The SMILES string of the molecule is c1ccc(-c2cc(-c3nc(-c4ccc(-c5ccc6ccccc6c5)cc4)nc(-c4cc5ccccc5c5ccccc45)n3)cc3oc4ccccc4c23)cc1. The predicted molar refractivity (Wildman–Crippen MR) is 227 cm³/mol. The van der Waals surface area contributed by atoms with Gasteiger partial charge in [0.1, 0.15) is 11.2 Å². The standard InChI is InChI=1S/C51H31N3O/c1-2-13-34(14-3-1)44-30-39(31-47-48(44)43-20-10-11-21-46(43)55-47)50-52-49(35-25-22-33(23-26-35)37-27-24-32-12-4-5-15-36(32)28-37)53-51(54-50)45-29-38-16-6-7-17-40(38)41-18-8-9-19-42(41)45/h1-31H. The third-order valence-corrected chi connectivity index (χ3v) is 10.7. The molecule has 0 amide bonds. The second-order valence-corrected chi connectivity index (χ2v) is 14.0. The molecule has 256 valence electrons. The van der Waals surface area contributed by atoms with Crippen LogP contribution in [0.1, 0.15) is 0 Å². The lowest BCUT2D eigenvalue weighted by Crippen LogP contribution is -2.01. The van der Waals surface area contributed by atoms with E-state index in [0.29, 0.717) is 17.5 Å². The molecule has 2 heterocycles. The van der Waals surface area contributed by atoms with Gasteiger partial charge < -0.3 is 4.42 Å². The quantitative estimate of drug-likeness (QED) is 0.168. The van der Waals surface area contributed by atoms with Crippen LogP contribution in [-0.4, -0.2) is 15.0 Å². The predicted octanol–water partition coefficient (Wildman–Crippen LogP) is 13.6. The zero-order chi connectivity index (χ0) is 36.3. The summed E-state index contributed by atoms with van der Waals surface area (Å²) >= 11 is 0. The second kappa shape index (κ2) is 12.6. The van der Waals surface area contributed by atoms with Gasteiger partial charge in [0.15, 0.2) is 17.5 Å². The summed E-state index contributed by atoms with van der Waals surface area (Å²) in [5.74, 6) is 1.80. The summed E-state index contributed by atoms with van der Waals surface area (Å²) < 4.78 is 6.52. The zero-order valence-corrected chi connectivity index (χ0v) is 29.6. The lowest BCUT2D eigenvalue weighted by Gasteiger charge is -2.13. The smallest absolute Gasteiger partial charge is 0.164 e. The molecule has 9 aromatic carbocycles. The van der Waals surface area contributed by atoms with Gasteiger partial charge in [0.25, 0.3) is 0 Å². The first-order chi connectivity index (χ1) is 27.2. The highest BCUT2D eigenvalue weighted by Crippen LogP contribution is 2.41. The van der Waals surface area contributed by atoms with Crippen molar-refractivity contribution in [3.05, 3.63) is 188 Å². The molecule has 0 radical (unpaired) electrons. The number of hydrogen-bond donors (Lipinski definition) is 0. The summed E-state index contributed by atoms with van der Waals surface area (Å²) in [6.07, 6.45) is 0. The van der Waals surface area contributed by atoms with Gasteiger partial charge in [-0.05, 0) is 84.9 Å². The van der Waals surface area contributed by atoms with E-state index in [1.807, 2.05) is 18.2 Å². The first-order valence-corrected chi connectivity index (χ1v) is 18.5. The van der Waals surface area contributed by atoms with Crippen LogP contribution in [0.3, 0.4) is 0 Å². The highest BCUT2D eigenvalue weighted by atomic mass is 16.3. The van der Waals surface area contributed by atoms with Gasteiger partial charge in [0, 0.05) is 27.5 Å². The van der Waals surface area contributed by atoms with Crippen LogP contribution in [0.4, 0.5) is 0 Å². The molecule has 11 aromatic rings. The van der Waals surface area contributed by atoms with Crippen molar-refractivity contribution in [3.63, 3.8) is 0 Å². The van der Waals surface area contributed by atoms with Crippen molar-refractivity contribution in [1.82, 2.24) is 15.0 Å². The lowest BCUT2D eigenvalue weighted by atomic mass is 9.96. The number of furan rings is 1. The minimum Gasteiger partial charge on any atom is -0.456 e. The summed E-state index contributed by atoms with van der Waals surface area (Å²) in [7, 11) is 0. The Bertz CT molecular complexity index is 3260. The van der Waals surface area contributed by atoms with Gasteiger partial charge in [0.2, 0.25) is 0 Å². The molecule has 0 saturated carbocycles. The molecule has 0 bridgehead atoms. The van der Waals surface area contributed by atoms with E-state index < -0.39 is 0 Å². The normalized spacial score (nSPS) is 11.6. The molecule has 0 fully saturated rings. The molecule has 55 heavy (non-hydrogen) atoms. The van der Waals surface area contributed by atoms with Crippen molar-refractivity contribution in [1.29, 1.82) is 0 Å². The van der Waals surface area contributed by atoms with E-state index in [9.17, 15) is 0 Å². The Morgan fingerprint density at radius 1 is 0.291 bits per heavy atom. The third-order valence-electron chi connectivity index (χ3n) is 10.7. The first-order valence-electron chi connectivity index (χ1n) is 18.5. The molecule has 0 unspecified atom stereocenters. The van der Waals surface area contributed by atoms with E-state index in [0.717, 1.165) is 77.0 Å². The number of benzene rings is 9. The van der Waals surface area contributed by atoms with Gasteiger partial charge >= 0.3 is 0 Å². The van der Waals surface area contributed by atoms with Gasteiger partial charge in [0.05, 0.1) is 0 Å². The van der Waals surface area contributed by atoms with Gasteiger partial charge in [-0.3, -0.25) is 0 Å². The molecule has 4 nitrogen and oxygen atoms in total.